The minimum Gasteiger partial charge on any atom is -0.508 e. The van der Waals surface area contributed by atoms with Gasteiger partial charge in [0.25, 0.3) is 0 Å². The summed E-state index contributed by atoms with van der Waals surface area (Å²) >= 11 is 0. The lowest BCUT2D eigenvalue weighted by molar-refractivity contribution is -0.130. The summed E-state index contributed by atoms with van der Waals surface area (Å²) in [6.45, 7) is 6.76. The summed E-state index contributed by atoms with van der Waals surface area (Å²) in [4.78, 5) is 25.5. The number of hydrogen-bond donors (Lipinski definition) is 1. The Balaban J connectivity index is 1.51. The molecule has 32 heavy (non-hydrogen) atoms. The van der Waals surface area contributed by atoms with Crippen molar-refractivity contribution in [3.63, 3.8) is 0 Å². The Morgan fingerprint density at radius 3 is 2.66 bits per heavy atom. The van der Waals surface area contributed by atoms with Crippen molar-refractivity contribution in [1.29, 1.82) is 0 Å². The van der Waals surface area contributed by atoms with Crippen molar-refractivity contribution in [2.24, 2.45) is 5.92 Å². The van der Waals surface area contributed by atoms with Gasteiger partial charge < -0.3 is 19.6 Å². The highest BCUT2D eigenvalue weighted by molar-refractivity contribution is 5.91. The van der Waals surface area contributed by atoms with E-state index in [1.54, 1.807) is 19.1 Å². The standard InChI is InChI=1S/C23H28N6O3/c1-16(30)27-7-5-17(6-8-27)15-29-22-20(14-24-29)21(18-3-2-4-19(31)13-18)25-23(26-22)28-9-11-32-12-10-28/h2-4,13-14,17,31H,5-12,15H2,1H3. The predicted molar refractivity (Wildman–Crippen MR) is 120 cm³/mol. The maximum atomic E-state index is 11.6. The van der Waals surface area contributed by atoms with Crippen LogP contribution in [0.5, 0.6) is 5.75 Å². The topological polar surface area (TPSA) is 96.6 Å². The maximum absolute atomic E-state index is 11.6. The number of phenolic OH excluding ortho intramolecular Hbond substituents is 1. The maximum Gasteiger partial charge on any atom is 0.228 e. The zero-order valence-corrected chi connectivity index (χ0v) is 18.3. The highest BCUT2D eigenvalue weighted by atomic mass is 16.5. The van der Waals surface area contributed by atoms with Gasteiger partial charge in [-0.2, -0.15) is 10.1 Å². The largest absolute Gasteiger partial charge is 0.508 e. The molecule has 2 fully saturated rings. The number of piperidine rings is 1. The van der Waals surface area contributed by atoms with Crippen LogP contribution >= 0.6 is 0 Å². The molecule has 1 N–H and O–H groups in total. The monoisotopic (exact) mass is 436 g/mol. The van der Waals surface area contributed by atoms with Gasteiger partial charge in [0.1, 0.15) is 5.75 Å². The van der Waals surface area contributed by atoms with Gasteiger partial charge >= 0.3 is 0 Å². The van der Waals surface area contributed by atoms with Gasteiger partial charge in [-0.3, -0.25) is 4.79 Å². The Morgan fingerprint density at radius 2 is 1.94 bits per heavy atom. The molecule has 5 rings (SSSR count). The van der Waals surface area contributed by atoms with Crippen molar-refractivity contribution >= 4 is 22.9 Å². The van der Waals surface area contributed by atoms with Crippen molar-refractivity contribution in [1.82, 2.24) is 24.6 Å². The quantitative estimate of drug-likeness (QED) is 0.670. The molecule has 4 heterocycles. The van der Waals surface area contributed by atoms with Crippen molar-refractivity contribution in [2.75, 3.05) is 44.3 Å². The molecule has 0 unspecified atom stereocenters. The second kappa shape index (κ2) is 8.74. The number of carbonyl (C=O) groups is 1. The van der Waals surface area contributed by atoms with Crippen LogP contribution < -0.4 is 4.90 Å². The van der Waals surface area contributed by atoms with Crippen LogP contribution in [-0.4, -0.2) is 75.1 Å². The number of fused-ring (bicyclic) bond motifs is 1. The first-order valence-electron chi connectivity index (χ1n) is 11.2. The van der Waals surface area contributed by atoms with Crippen LogP contribution in [0.15, 0.2) is 30.5 Å². The Hall–Kier alpha value is -3.20. The number of aromatic nitrogens is 4. The second-order valence-corrected chi connectivity index (χ2v) is 8.54. The molecular formula is C23H28N6O3. The normalized spacial score (nSPS) is 17.8. The van der Waals surface area contributed by atoms with Crippen molar-refractivity contribution in [2.45, 2.75) is 26.3 Å². The van der Waals surface area contributed by atoms with Crippen LogP contribution in [0.1, 0.15) is 19.8 Å². The molecule has 0 spiro atoms. The van der Waals surface area contributed by atoms with Gasteiger partial charge in [-0.05, 0) is 30.9 Å². The van der Waals surface area contributed by atoms with Gasteiger partial charge in [-0.1, -0.05) is 12.1 Å². The summed E-state index contributed by atoms with van der Waals surface area (Å²) in [5.41, 5.74) is 2.40. The molecule has 0 bridgehead atoms. The van der Waals surface area contributed by atoms with Crippen molar-refractivity contribution in [3.8, 4) is 17.0 Å². The summed E-state index contributed by atoms with van der Waals surface area (Å²) in [5.74, 6) is 1.45. The molecule has 3 aromatic rings. The Bertz CT molecular complexity index is 1120. The van der Waals surface area contributed by atoms with Gasteiger partial charge in [0.05, 0.1) is 30.5 Å². The third kappa shape index (κ3) is 4.12. The molecule has 2 aromatic heterocycles. The van der Waals surface area contributed by atoms with Crippen LogP contribution in [-0.2, 0) is 16.1 Å². The summed E-state index contributed by atoms with van der Waals surface area (Å²) < 4.78 is 7.47. The van der Waals surface area contributed by atoms with E-state index in [1.807, 2.05) is 27.9 Å². The molecule has 0 saturated carbocycles. The van der Waals surface area contributed by atoms with Crippen LogP contribution in [0.3, 0.4) is 0 Å². The van der Waals surface area contributed by atoms with Crippen LogP contribution in [0, 0.1) is 5.92 Å². The Labute approximate surface area is 186 Å². The molecule has 2 aliphatic heterocycles. The van der Waals surface area contributed by atoms with Gasteiger partial charge in [0.15, 0.2) is 5.65 Å². The molecule has 168 valence electrons. The van der Waals surface area contributed by atoms with E-state index in [9.17, 15) is 9.90 Å². The zero-order valence-electron chi connectivity index (χ0n) is 18.3. The predicted octanol–water partition coefficient (Wildman–Crippen LogP) is 2.29. The molecule has 0 aliphatic carbocycles. The lowest BCUT2D eigenvalue weighted by atomic mass is 9.97. The van der Waals surface area contributed by atoms with E-state index in [4.69, 9.17) is 14.7 Å². The summed E-state index contributed by atoms with van der Waals surface area (Å²) in [6.07, 6.45) is 3.74. The molecule has 2 saturated heterocycles. The lowest BCUT2D eigenvalue weighted by Crippen LogP contribution is -2.38. The van der Waals surface area contributed by atoms with Crippen molar-refractivity contribution in [3.05, 3.63) is 30.5 Å². The fraction of sp³-hybridized carbons (Fsp3) is 0.478. The molecule has 9 nitrogen and oxygen atoms in total. The Kier molecular flexibility index (Phi) is 5.65. The van der Waals surface area contributed by atoms with Crippen LogP contribution in [0.4, 0.5) is 5.95 Å². The number of aromatic hydroxyl groups is 1. The number of ether oxygens (including phenoxy) is 1. The van der Waals surface area contributed by atoms with E-state index >= 15 is 0 Å². The average molecular weight is 437 g/mol. The SMILES string of the molecule is CC(=O)N1CCC(Cn2ncc3c(-c4cccc(O)c4)nc(N4CCOCC4)nc32)CC1. The fourth-order valence-corrected chi connectivity index (χ4v) is 4.53. The minimum absolute atomic E-state index is 0.145. The molecule has 2 aliphatic rings. The molecule has 9 heteroatoms. The summed E-state index contributed by atoms with van der Waals surface area (Å²) in [5, 5.41) is 15.6. The first kappa shape index (κ1) is 20.7. The summed E-state index contributed by atoms with van der Waals surface area (Å²) in [6, 6.07) is 7.14. The third-order valence-electron chi connectivity index (χ3n) is 6.39. The zero-order chi connectivity index (χ0) is 22.1. The van der Waals surface area contributed by atoms with E-state index in [2.05, 4.69) is 10.00 Å². The number of carbonyl (C=O) groups excluding carboxylic acids is 1. The Morgan fingerprint density at radius 1 is 1.16 bits per heavy atom. The number of hydrogen-bond acceptors (Lipinski definition) is 7. The first-order valence-corrected chi connectivity index (χ1v) is 11.2. The van der Waals surface area contributed by atoms with E-state index in [0.717, 1.165) is 67.9 Å². The second-order valence-electron chi connectivity index (χ2n) is 8.54. The highest BCUT2D eigenvalue weighted by Gasteiger charge is 2.24. The van der Waals surface area contributed by atoms with E-state index in [0.29, 0.717) is 25.1 Å². The van der Waals surface area contributed by atoms with E-state index in [-0.39, 0.29) is 11.7 Å². The number of rotatable bonds is 4. The van der Waals surface area contributed by atoms with E-state index < -0.39 is 0 Å². The van der Waals surface area contributed by atoms with Gasteiger partial charge in [-0.15, -0.1) is 0 Å². The number of morpholine rings is 1. The lowest BCUT2D eigenvalue weighted by Gasteiger charge is -2.31. The molecule has 1 amide bonds. The number of benzene rings is 1. The highest BCUT2D eigenvalue weighted by Crippen LogP contribution is 2.31. The third-order valence-corrected chi connectivity index (χ3v) is 6.39. The fourth-order valence-electron chi connectivity index (χ4n) is 4.53. The minimum atomic E-state index is 0.145. The molecular weight excluding hydrogens is 408 g/mol. The van der Waals surface area contributed by atoms with Crippen LogP contribution in [0.2, 0.25) is 0 Å². The molecule has 0 atom stereocenters. The smallest absolute Gasteiger partial charge is 0.228 e. The summed E-state index contributed by atoms with van der Waals surface area (Å²) in [7, 11) is 0. The number of phenols is 1. The van der Waals surface area contributed by atoms with Crippen molar-refractivity contribution < 1.29 is 14.6 Å². The number of anilines is 1. The average Bonchev–Trinajstić information content (AvgIpc) is 3.22. The van der Waals surface area contributed by atoms with E-state index in [1.165, 1.54) is 0 Å². The molecule has 0 radical (unpaired) electrons. The van der Waals surface area contributed by atoms with Gasteiger partial charge in [0, 0.05) is 45.2 Å². The number of likely N-dealkylation sites (tertiary alicyclic amines) is 1. The van der Waals surface area contributed by atoms with Gasteiger partial charge in [-0.25, -0.2) is 9.67 Å². The van der Waals surface area contributed by atoms with Gasteiger partial charge in [0.2, 0.25) is 11.9 Å². The van der Waals surface area contributed by atoms with Crippen LogP contribution in [0.25, 0.3) is 22.3 Å². The first-order chi connectivity index (χ1) is 15.6. The number of amides is 1. The number of nitrogens with zero attached hydrogens (tertiary/aromatic N) is 6. The molecule has 1 aromatic carbocycles.